The molecular formula is C11H26O8P2. The van der Waals surface area contributed by atoms with E-state index in [9.17, 15) is 18.7 Å². The highest BCUT2D eigenvalue weighted by Gasteiger charge is 2.22. The summed E-state index contributed by atoms with van der Waals surface area (Å²) in [7, 11) is -0.524. The van der Waals surface area contributed by atoms with E-state index in [0.717, 1.165) is 0 Å². The summed E-state index contributed by atoms with van der Waals surface area (Å²) >= 11 is 0. The van der Waals surface area contributed by atoms with Gasteiger partial charge in [0, 0.05) is 35.1 Å². The highest BCUT2D eigenvalue weighted by molar-refractivity contribution is 7.54. The molecule has 0 rings (SSSR count). The number of carbonyl (C=O) groups excluding carboxylic acids is 2. The van der Waals surface area contributed by atoms with Gasteiger partial charge in [0.2, 0.25) is 0 Å². The first kappa shape index (κ1) is 25.6. The molecule has 0 saturated carbocycles. The minimum absolute atomic E-state index is 0.153. The van der Waals surface area contributed by atoms with Gasteiger partial charge in [0.1, 0.15) is 17.7 Å². The Bertz CT molecular complexity index is 374. The Labute approximate surface area is 126 Å². The zero-order valence-corrected chi connectivity index (χ0v) is 15.7. The molecule has 0 aromatic carbocycles. The molecule has 0 saturated heterocycles. The SMILES string of the molecule is CC(C)=O.COP(=O)(CC(C)=O)OC.COP(C)(=O)OC. The number of Topliss-reactive ketones (excluding diaryl/α,β-unsaturated/α-hetero) is 2. The van der Waals surface area contributed by atoms with Crippen molar-refractivity contribution in [1.82, 2.24) is 0 Å². The van der Waals surface area contributed by atoms with Crippen molar-refractivity contribution in [3.63, 3.8) is 0 Å². The summed E-state index contributed by atoms with van der Waals surface area (Å²) in [5.74, 6) is -0.0352. The van der Waals surface area contributed by atoms with Crippen LogP contribution in [0, 0.1) is 0 Å². The molecule has 0 aliphatic carbocycles. The summed E-state index contributed by atoms with van der Waals surface area (Å²) in [6.07, 6.45) is -0.153. The second-order valence-corrected chi connectivity index (χ2v) is 8.42. The molecule has 0 aromatic rings. The fraction of sp³-hybridized carbons (Fsp3) is 0.818. The van der Waals surface area contributed by atoms with Gasteiger partial charge in [-0.15, -0.1) is 0 Å². The lowest BCUT2D eigenvalue weighted by Crippen LogP contribution is -2.02. The smallest absolute Gasteiger partial charge is 0.312 e. The van der Waals surface area contributed by atoms with E-state index in [1.54, 1.807) is 0 Å². The second kappa shape index (κ2) is 13.3. The van der Waals surface area contributed by atoms with E-state index in [1.807, 2.05) is 0 Å². The standard InChI is InChI=1S/C5H11O4P.C3H9O3P.C3H6O/c1-5(6)4-10(7,8-2)9-3;1-5-7(3,4)6-2;1-3(2)4/h4H2,1-3H3;1-3H3;1-2H3. The van der Waals surface area contributed by atoms with Crippen molar-refractivity contribution < 1.29 is 36.8 Å². The molecule has 0 N–H and O–H groups in total. The Morgan fingerprint density at radius 1 is 0.810 bits per heavy atom. The fourth-order valence-electron chi connectivity index (χ4n) is 0.551. The molecule has 0 atom stereocenters. The lowest BCUT2D eigenvalue weighted by molar-refractivity contribution is -0.115. The van der Waals surface area contributed by atoms with Crippen LogP contribution in [-0.4, -0.2) is 52.8 Å². The summed E-state index contributed by atoms with van der Waals surface area (Å²) in [5.41, 5.74) is 0. The van der Waals surface area contributed by atoms with Crippen LogP contribution < -0.4 is 0 Å². The number of hydrogen-bond acceptors (Lipinski definition) is 8. The zero-order valence-electron chi connectivity index (χ0n) is 13.9. The van der Waals surface area contributed by atoms with Crippen LogP contribution in [-0.2, 0) is 36.8 Å². The van der Waals surface area contributed by atoms with Crippen molar-refractivity contribution in [3.05, 3.63) is 0 Å². The van der Waals surface area contributed by atoms with Gasteiger partial charge in [0.15, 0.2) is 0 Å². The van der Waals surface area contributed by atoms with Gasteiger partial charge >= 0.3 is 15.2 Å². The first-order valence-corrected chi connectivity index (χ1v) is 9.47. The van der Waals surface area contributed by atoms with Crippen molar-refractivity contribution in [2.45, 2.75) is 20.8 Å². The van der Waals surface area contributed by atoms with E-state index in [0.29, 0.717) is 0 Å². The minimum Gasteiger partial charge on any atom is -0.312 e. The van der Waals surface area contributed by atoms with Crippen LogP contribution in [0.1, 0.15) is 20.8 Å². The lowest BCUT2D eigenvalue weighted by Gasteiger charge is -2.10. The van der Waals surface area contributed by atoms with Crippen LogP contribution in [0.25, 0.3) is 0 Å². The van der Waals surface area contributed by atoms with Gasteiger partial charge in [-0.3, -0.25) is 13.9 Å². The van der Waals surface area contributed by atoms with Gasteiger partial charge in [0.05, 0.1) is 0 Å². The van der Waals surface area contributed by atoms with E-state index in [4.69, 9.17) is 0 Å². The van der Waals surface area contributed by atoms with Crippen LogP contribution in [0.5, 0.6) is 0 Å². The molecule has 0 spiro atoms. The summed E-state index contributed by atoms with van der Waals surface area (Å²) in [5, 5.41) is 0. The third kappa shape index (κ3) is 22.1. The van der Waals surface area contributed by atoms with Crippen molar-refractivity contribution in [3.8, 4) is 0 Å². The molecule has 0 aromatic heterocycles. The molecule has 0 bridgehead atoms. The molecule has 21 heavy (non-hydrogen) atoms. The van der Waals surface area contributed by atoms with Gasteiger partial charge in [-0.1, -0.05) is 0 Å². The third-order valence-electron chi connectivity index (χ3n) is 1.64. The minimum atomic E-state index is -3.09. The fourth-order valence-corrected chi connectivity index (χ4v) is 1.65. The maximum atomic E-state index is 11.1. The lowest BCUT2D eigenvalue weighted by atomic mass is 10.5. The molecule has 10 heteroatoms. The van der Waals surface area contributed by atoms with Gasteiger partial charge in [-0.25, -0.2) is 0 Å². The molecule has 0 radical (unpaired) electrons. The Hall–Kier alpha value is -0.360. The van der Waals surface area contributed by atoms with E-state index >= 15 is 0 Å². The van der Waals surface area contributed by atoms with Gasteiger partial charge in [0.25, 0.3) is 0 Å². The molecule has 0 fully saturated rings. The number of rotatable bonds is 6. The second-order valence-electron chi connectivity index (χ2n) is 3.88. The molecule has 0 heterocycles. The van der Waals surface area contributed by atoms with Crippen molar-refractivity contribution >= 4 is 26.8 Å². The van der Waals surface area contributed by atoms with E-state index < -0.39 is 15.2 Å². The van der Waals surface area contributed by atoms with Crippen molar-refractivity contribution in [1.29, 1.82) is 0 Å². The summed E-state index contributed by atoms with van der Waals surface area (Å²) in [6.45, 7) is 5.80. The first-order valence-electron chi connectivity index (χ1n) is 5.75. The van der Waals surface area contributed by atoms with Crippen molar-refractivity contribution in [2.24, 2.45) is 0 Å². The molecule has 128 valence electrons. The molecule has 0 aliphatic rings. The summed E-state index contributed by atoms with van der Waals surface area (Å²) in [4.78, 5) is 19.9. The largest absolute Gasteiger partial charge is 0.337 e. The monoisotopic (exact) mass is 348 g/mol. The number of carbonyl (C=O) groups is 2. The van der Waals surface area contributed by atoms with E-state index in [-0.39, 0.29) is 17.7 Å². The van der Waals surface area contributed by atoms with Crippen LogP contribution >= 0.6 is 15.2 Å². The normalized spacial score (nSPS) is 10.7. The van der Waals surface area contributed by atoms with Crippen LogP contribution in [0.2, 0.25) is 0 Å². The molecule has 0 aliphatic heterocycles. The first-order chi connectivity index (χ1) is 9.39. The van der Waals surface area contributed by atoms with Crippen molar-refractivity contribution in [2.75, 3.05) is 41.3 Å². The van der Waals surface area contributed by atoms with E-state index in [1.165, 1.54) is 55.9 Å². The Kier molecular flexibility index (Phi) is 16.2. The van der Waals surface area contributed by atoms with Gasteiger partial charge in [-0.2, -0.15) is 0 Å². The third-order valence-corrected chi connectivity index (χ3v) is 4.91. The predicted octanol–water partition coefficient (Wildman–Crippen LogP) is 2.76. The number of hydrogen-bond donors (Lipinski definition) is 0. The zero-order chi connectivity index (χ0) is 17.7. The molecular weight excluding hydrogens is 322 g/mol. The Morgan fingerprint density at radius 2 is 1.10 bits per heavy atom. The predicted molar refractivity (Wildman–Crippen MR) is 81.1 cm³/mol. The average molecular weight is 348 g/mol. The quantitative estimate of drug-likeness (QED) is 0.675. The highest BCUT2D eigenvalue weighted by Crippen LogP contribution is 2.45. The Balaban J connectivity index is -0.000000256. The number of ketones is 2. The Morgan fingerprint density at radius 3 is 1.14 bits per heavy atom. The van der Waals surface area contributed by atoms with Gasteiger partial charge in [-0.05, 0) is 20.8 Å². The summed E-state index contributed by atoms with van der Waals surface area (Å²) in [6, 6.07) is 0. The van der Waals surface area contributed by atoms with Crippen LogP contribution in [0.4, 0.5) is 0 Å². The topological polar surface area (TPSA) is 105 Å². The van der Waals surface area contributed by atoms with E-state index in [2.05, 4.69) is 18.1 Å². The molecule has 8 nitrogen and oxygen atoms in total. The maximum absolute atomic E-state index is 11.1. The van der Waals surface area contributed by atoms with Crippen LogP contribution in [0.15, 0.2) is 0 Å². The highest BCUT2D eigenvalue weighted by atomic mass is 31.2. The summed E-state index contributed by atoms with van der Waals surface area (Å²) < 4.78 is 39.5. The van der Waals surface area contributed by atoms with Crippen LogP contribution in [0.3, 0.4) is 0 Å². The maximum Gasteiger partial charge on any atom is 0.337 e. The van der Waals surface area contributed by atoms with Gasteiger partial charge < -0.3 is 22.9 Å². The molecule has 0 amide bonds. The average Bonchev–Trinajstić information content (AvgIpc) is 2.38. The molecule has 0 unspecified atom stereocenters.